The van der Waals surface area contributed by atoms with Gasteiger partial charge in [0.15, 0.2) is 0 Å². The first kappa shape index (κ1) is 17.8. The van der Waals surface area contributed by atoms with Crippen molar-refractivity contribution < 1.29 is 13.2 Å². The summed E-state index contributed by atoms with van der Waals surface area (Å²) in [4.78, 5) is 0. The molecule has 0 aliphatic rings. The van der Waals surface area contributed by atoms with Crippen LogP contribution in [0.3, 0.4) is 0 Å². The molecule has 5 nitrogen and oxygen atoms in total. The monoisotopic (exact) mass is 314 g/mol. The number of hydrogen-bond acceptors (Lipinski definition) is 4. The lowest BCUT2D eigenvalue weighted by Gasteiger charge is -2.10. The predicted molar refractivity (Wildman–Crippen MR) is 86.8 cm³/mol. The number of rotatable bonds is 10. The third kappa shape index (κ3) is 7.92. The fourth-order valence-corrected chi connectivity index (χ4v) is 2.75. The summed E-state index contributed by atoms with van der Waals surface area (Å²) >= 11 is 0. The number of anilines is 1. The van der Waals surface area contributed by atoms with E-state index >= 15 is 0 Å². The highest BCUT2D eigenvalue weighted by atomic mass is 32.2. The first-order valence-electron chi connectivity index (χ1n) is 7.35. The normalized spacial score (nSPS) is 11.8. The van der Waals surface area contributed by atoms with Crippen molar-refractivity contribution >= 4 is 15.7 Å². The van der Waals surface area contributed by atoms with Gasteiger partial charge in [-0.1, -0.05) is 38.8 Å². The molecule has 0 unspecified atom stereocenters. The molecule has 1 aromatic carbocycles. The molecule has 0 bridgehead atoms. The van der Waals surface area contributed by atoms with E-state index in [4.69, 9.17) is 10.5 Å². The second-order valence-electron chi connectivity index (χ2n) is 5.49. The number of para-hydroxylation sites is 2. The predicted octanol–water partition coefficient (Wildman–Crippen LogP) is 2.39. The molecule has 1 aromatic rings. The number of benzene rings is 1. The van der Waals surface area contributed by atoms with Gasteiger partial charge in [0, 0.05) is 6.54 Å². The van der Waals surface area contributed by atoms with Crippen molar-refractivity contribution in [1.82, 2.24) is 4.72 Å². The van der Waals surface area contributed by atoms with Gasteiger partial charge in [0.2, 0.25) is 10.0 Å². The number of unbranched alkanes of at least 4 members (excludes halogenated alkanes) is 1. The third-order valence-electron chi connectivity index (χ3n) is 3.06. The van der Waals surface area contributed by atoms with Crippen LogP contribution in [0.4, 0.5) is 5.69 Å². The highest BCUT2D eigenvalue weighted by Crippen LogP contribution is 2.19. The first-order chi connectivity index (χ1) is 9.91. The minimum Gasteiger partial charge on any atom is -0.490 e. The number of nitrogen functional groups attached to an aromatic ring is 1. The Bertz CT molecular complexity index is 515. The van der Waals surface area contributed by atoms with E-state index in [2.05, 4.69) is 18.6 Å². The van der Waals surface area contributed by atoms with Gasteiger partial charge in [0.25, 0.3) is 0 Å². The second kappa shape index (κ2) is 8.89. The lowest BCUT2D eigenvalue weighted by Crippen LogP contribution is -2.30. The van der Waals surface area contributed by atoms with E-state index < -0.39 is 10.0 Å². The minimum atomic E-state index is -3.28. The maximum atomic E-state index is 11.8. The molecule has 120 valence electrons. The largest absolute Gasteiger partial charge is 0.490 e. The van der Waals surface area contributed by atoms with Crippen molar-refractivity contribution in [3.8, 4) is 5.75 Å². The molecular weight excluding hydrogens is 288 g/mol. The van der Waals surface area contributed by atoms with Crippen LogP contribution in [0.1, 0.15) is 33.1 Å². The van der Waals surface area contributed by atoms with Crippen molar-refractivity contribution in [1.29, 1.82) is 0 Å². The molecule has 0 saturated heterocycles. The van der Waals surface area contributed by atoms with Crippen LogP contribution in [0.2, 0.25) is 0 Å². The smallest absolute Gasteiger partial charge is 0.214 e. The van der Waals surface area contributed by atoms with Crippen LogP contribution in [0.5, 0.6) is 5.75 Å². The Hall–Kier alpha value is -1.27. The molecule has 0 radical (unpaired) electrons. The first-order valence-corrected chi connectivity index (χ1v) is 9.00. The van der Waals surface area contributed by atoms with E-state index in [9.17, 15) is 8.42 Å². The molecule has 0 heterocycles. The Kier molecular flexibility index (Phi) is 7.53. The minimum absolute atomic E-state index is 0.0640. The van der Waals surface area contributed by atoms with E-state index in [1.807, 2.05) is 0 Å². The lowest BCUT2D eigenvalue weighted by molar-refractivity contribution is 0.342. The van der Waals surface area contributed by atoms with Crippen LogP contribution in [0, 0.1) is 5.92 Å². The lowest BCUT2D eigenvalue weighted by atomic mass is 10.1. The van der Waals surface area contributed by atoms with E-state index in [1.54, 1.807) is 24.3 Å². The zero-order valence-corrected chi connectivity index (χ0v) is 13.7. The topological polar surface area (TPSA) is 81.4 Å². The van der Waals surface area contributed by atoms with E-state index in [1.165, 1.54) is 0 Å². The summed E-state index contributed by atoms with van der Waals surface area (Å²) in [6.07, 6.45) is 3.03. The van der Waals surface area contributed by atoms with E-state index in [0.717, 1.165) is 19.3 Å². The molecule has 6 heteroatoms. The molecule has 0 amide bonds. The van der Waals surface area contributed by atoms with Gasteiger partial charge in [0.1, 0.15) is 12.4 Å². The van der Waals surface area contributed by atoms with Crippen molar-refractivity contribution in [2.75, 3.05) is 24.6 Å². The molecule has 0 saturated carbocycles. The highest BCUT2D eigenvalue weighted by Gasteiger charge is 2.10. The van der Waals surface area contributed by atoms with Crippen LogP contribution >= 0.6 is 0 Å². The van der Waals surface area contributed by atoms with Crippen molar-refractivity contribution in [3.05, 3.63) is 24.3 Å². The van der Waals surface area contributed by atoms with Gasteiger partial charge in [-0.2, -0.15) is 0 Å². The summed E-state index contributed by atoms with van der Waals surface area (Å²) in [7, 11) is -3.28. The summed E-state index contributed by atoms with van der Waals surface area (Å²) in [5.41, 5.74) is 6.23. The van der Waals surface area contributed by atoms with Gasteiger partial charge in [-0.25, -0.2) is 13.1 Å². The van der Waals surface area contributed by atoms with Gasteiger partial charge >= 0.3 is 0 Å². The van der Waals surface area contributed by atoms with E-state index in [0.29, 0.717) is 23.9 Å². The molecular formula is C15H26N2O3S. The second-order valence-corrected chi connectivity index (χ2v) is 7.42. The average molecular weight is 314 g/mol. The fourth-order valence-electron chi connectivity index (χ4n) is 1.85. The van der Waals surface area contributed by atoms with Crippen LogP contribution in [-0.2, 0) is 10.0 Å². The van der Waals surface area contributed by atoms with Gasteiger partial charge in [0.05, 0.1) is 11.4 Å². The average Bonchev–Trinajstić information content (AvgIpc) is 2.40. The molecule has 0 aliphatic heterocycles. The Morgan fingerprint density at radius 3 is 2.62 bits per heavy atom. The molecule has 0 spiro atoms. The molecule has 3 N–H and O–H groups in total. The number of hydrogen-bond donors (Lipinski definition) is 2. The highest BCUT2D eigenvalue weighted by molar-refractivity contribution is 7.89. The molecule has 1 rings (SSSR count). The summed E-state index contributed by atoms with van der Waals surface area (Å²) in [5, 5.41) is 0. The maximum Gasteiger partial charge on any atom is 0.214 e. The van der Waals surface area contributed by atoms with Crippen LogP contribution in [0.25, 0.3) is 0 Å². The molecule has 21 heavy (non-hydrogen) atoms. The van der Waals surface area contributed by atoms with Crippen molar-refractivity contribution in [3.63, 3.8) is 0 Å². The summed E-state index contributed by atoms with van der Waals surface area (Å²) in [6, 6.07) is 7.04. The summed E-state index contributed by atoms with van der Waals surface area (Å²) in [5.74, 6) is 1.11. The Balaban J connectivity index is 2.22. The summed E-state index contributed by atoms with van der Waals surface area (Å²) in [6.45, 7) is 4.91. The zero-order valence-electron chi connectivity index (χ0n) is 12.8. The SMILES string of the molecule is CC(C)CCCCNS(=O)(=O)CCOc1ccccc1N. The Morgan fingerprint density at radius 1 is 1.24 bits per heavy atom. The van der Waals surface area contributed by atoms with Gasteiger partial charge in [-0.05, 0) is 24.5 Å². The van der Waals surface area contributed by atoms with Crippen LogP contribution in [-0.4, -0.2) is 27.3 Å². The Morgan fingerprint density at radius 2 is 1.95 bits per heavy atom. The van der Waals surface area contributed by atoms with E-state index in [-0.39, 0.29) is 12.4 Å². The Labute approximate surface area is 127 Å². The fraction of sp³-hybridized carbons (Fsp3) is 0.600. The maximum absolute atomic E-state index is 11.8. The number of nitrogens with one attached hydrogen (secondary N) is 1. The quantitative estimate of drug-likeness (QED) is 0.513. The standard InChI is InChI=1S/C15H26N2O3S/c1-13(2)7-5-6-10-17-21(18,19)12-11-20-15-9-4-3-8-14(15)16/h3-4,8-9,13,17H,5-7,10-12,16H2,1-2H3. The molecule has 0 fully saturated rings. The molecule has 0 aromatic heterocycles. The van der Waals surface area contributed by atoms with Crippen LogP contribution in [0.15, 0.2) is 24.3 Å². The van der Waals surface area contributed by atoms with Gasteiger partial charge in [-0.15, -0.1) is 0 Å². The number of sulfonamides is 1. The number of nitrogens with two attached hydrogens (primary N) is 1. The molecule has 0 atom stereocenters. The van der Waals surface area contributed by atoms with Gasteiger partial charge in [-0.3, -0.25) is 0 Å². The van der Waals surface area contributed by atoms with Gasteiger partial charge < -0.3 is 10.5 Å². The third-order valence-corrected chi connectivity index (χ3v) is 4.41. The van der Waals surface area contributed by atoms with Crippen molar-refractivity contribution in [2.24, 2.45) is 5.92 Å². The van der Waals surface area contributed by atoms with Crippen molar-refractivity contribution in [2.45, 2.75) is 33.1 Å². The zero-order chi connectivity index (χ0) is 15.7. The van der Waals surface area contributed by atoms with Crippen LogP contribution < -0.4 is 15.2 Å². The summed E-state index contributed by atoms with van der Waals surface area (Å²) < 4.78 is 31.5. The molecule has 0 aliphatic carbocycles. The number of ether oxygens (including phenoxy) is 1.